The number of rotatable bonds is 7. The van der Waals surface area contributed by atoms with Gasteiger partial charge in [0.05, 0.1) is 12.7 Å². The third-order valence-electron chi connectivity index (χ3n) is 2.59. The summed E-state index contributed by atoms with van der Waals surface area (Å²) in [5.41, 5.74) is 5.74. The van der Waals surface area contributed by atoms with Crippen LogP contribution in [0.25, 0.3) is 0 Å². The number of hydrogen-bond donors (Lipinski definition) is 2. The van der Waals surface area contributed by atoms with Gasteiger partial charge in [-0.15, -0.1) is 28.8 Å². The zero-order valence-corrected chi connectivity index (χ0v) is 12.6. The summed E-state index contributed by atoms with van der Waals surface area (Å²) in [6.07, 6.45) is 3.45. The van der Waals surface area contributed by atoms with Crippen molar-refractivity contribution >= 4 is 29.7 Å². The Morgan fingerprint density at radius 1 is 1.45 bits per heavy atom. The van der Waals surface area contributed by atoms with Gasteiger partial charge in [0.25, 0.3) is 5.91 Å². The van der Waals surface area contributed by atoms with Gasteiger partial charge in [0, 0.05) is 11.4 Å². The molecule has 2 aromatic rings. The molecule has 0 saturated carbocycles. The highest BCUT2D eigenvalue weighted by Crippen LogP contribution is 2.09. The van der Waals surface area contributed by atoms with Gasteiger partial charge >= 0.3 is 0 Å². The van der Waals surface area contributed by atoms with E-state index in [9.17, 15) is 4.79 Å². The summed E-state index contributed by atoms with van der Waals surface area (Å²) in [5.74, 6) is -0.186. The molecule has 1 amide bonds. The molecule has 0 aliphatic rings. The van der Waals surface area contributed by atoms with E-state index in [1.165, 1.54) is 4.88 Å². The van der Waals surface area contributed by atoms with E-state index in [0.717, 1.165) is 12.8 Å². The number of carbonyl (C=O) groups excluding carboxylic acids is 1. The van der Waals surface area contributed by atoms with Crippen molar-refractivity contribution in [2.45, 2.75) is 19.4 Å². The van der Waals surface area contributed by atoms with E-state index in [1.807, 2.05) is 17.5 Å². The van der Waals surface area contributed by atoms with Crippen molar-refractivity contribution in [2.75, 3.05) is 13.1 Å². The lowest BCUT2D eigenvalue weighted by Gasteiger charge is -2.01. The third-order valence-corrected chi connectivity index (χ3v) is 3.45. The number of nitrogens with zero attached hydrogens (tertiary/aromatic N) is 3. The Kier molecular flexibility index (Phi) is 7.21. The van der Waals surface area contributed by atoms with E-state index < -0.39 is 0 Å². The molecule has 2 heterocycles. The minimum atomic E-state index is -0.186. The molecule has 0 aromatic carbocycles. The van der Waals surface area contributed by atoms with Crippen LogP contribution in [0.5, 0.6) is 0 Å². The lowest BCUT2D eigenvalue weighted by atomic mass is 10.3. The summed E-state index contributed by atoms with van der Waals surface area (Å²) < 4.78 is 1.67. The van der Waals surface area contributed by atoms with Crippen molar-refractivity contribution in [2.24, 2.45) is 5.73 Å². The second-order valence-electron chi connectivity index (χ2n) is 4.13. The lowest BCUT2D eigenvalue weighted by molar-refractivity contribution is 0.0948. The van der Waals surface area contributed by atoms with Crippen molar-refractivity contribution in [1.82, 2.24) is 20.3 Å². The van der Waals surface area contributed by atoms with Gasteiger partial charge in [-0.3, -0.25) is 4.79 Å². The van der Waals surface area contributed by atoms with Crippen LogP contribution in [-0.2, 0) is 6.54 Å². The summed E-state index contributed by atoms with van der Waals surface area (Å²) >= 11 is 1.65. The number of carbonyl (C=O) groups is 1. The number of thiophene rings is 1. The molecule has 0 fully saturated rings. The molecule has 0 aliphatic heterocycles. The average Bonchev–Trinajstić information content (AvgIpc) is 3.06. The van der Waals surface area contributed by atoms with E-state index >= 15 is 0 Å². The molecule has 0 saturated heterocycles. The first-order valence-corrected chi connectivity index (χ1v) is 7.08. The fraction of sp³-hybridized carbons (Fsp3) is 0.417. The van der Waals surface area contributed by atoms with Gasteiger partial charge in [0.2, 0.25) is 0 Å². The number of hydrogen-bond acceptors (Lipinski definition) is 5. The highest BCUT2D eigenvalue weighted by molar-refractivity contribution is 7.09. The van der Waals surface area contributed by atoms with Crippen LogP contribution in [-0.4, -0.2) is 34.0 Å². The number of unbranched alkanes of at least 4 members (excludes halogenated alkanes) is 1. The molecule has 2 aromatic heterocycles. The Labute approximate surface area is 127 Å². The zero-order valence-electron chi connectivity index (χ0n) is 11.0. The first-order chi connectivity index (χ1) is 9.29. The molecule has 3 N–H and O–H groups in total. The van der Waals surface area contributed by atoms with E-state index in [2.05, 4.69) is 15.6 Å². The first-order valence-electron chi connectivity index (χ1n) is 6.20. The van der Waals surface area contributed by atoms with Crippen LogP contribution in [0.2, 0.25) is 0 Å². The van der Waals surface area contributed by atoms with Crippen LogP contribution < -0.4 is 11.1 Å². The molecule has 20 heavy (non-hydrogen) atoms. The number of halogens is 1. The summed E-state index contributed by atoms with van der Waals surface area (Å²) in [4.78, 5) is 12.9. The molecule has 0 unspecified atom stereocenters. The molecule has 8 heteroatoms. The van der Waals surface area contributed by atoms with E-state index in [4.69, 9.17) is 5.73 Å². The largest absolute Gasteiger partial charge is 0.351 e. The maximum atomic E-state index is 11.8. The van der Waals surface area contributed by atoms with Gasteiger partial charge < -0.3 is 11.1 Å². The lowest BCUT2D eigenvalue weighted by Crippen LogP contribution is -2.25. The van der Waals surface area contributed by atoms with Crippen molar-refractivity contribution in [3.63, 3.8) is 0 Å². The highest BCUT2D eigenvalue weighted by atomic mass is 35.5. The maximum absolute atomic E-state index is 11.8. The van der Waals surface area contributed by atoms with Crippen molar-refractivity contribution in [1.29, 1.82) is 0 Å². The molecule has 0 aliphatic carbocycles. The molecular formula is C12H18ClN5OS. The van der Waals surface area contributed by atoms with Crippen LogP contribution in [0.15, 0.2) is 23.7 Å². The van der Waals surface area contributed by atoms with E-state index in [-0.39, 0.29) is 18.3 Å². The molecular weight excluding hydrogens is 298 g/mol. The van der Waals surface area contributed by atoms with Crippen LogP contribution in [0.1, 0.15) is 28.2 Å². The van der Waals surface area contributed by atoms with Gasteiger partial charge in [-0.1, -0.05) is 11.3 Å². The normalized spacial score (nSPS) is 10.1. The summed E-state index contributed by atoms with van der Waals surface area (Å²) in [5, 5.41) is 12.6. The smallest absolute Gasteiger partial charge is 0.273 e. The number of nitrogens with two attached hydrogens (primary N) is 1. The van der Waals surface area contributed by atoms with Crippen LogP contribution >= 0.6 is 23.7 Å². The van der Waals surface area contributed by atoms with Crippen LogP contribution in [0, 0.1) is 0 Å². The van der Waals surface area contributed by atoms with Crippen molar-refractivity contribution in [3.8, 4) is 0 Å². The Morgan fingerprint density at radius 2 is 2.30 bits per heavy atom. The van der Waals surface area contributed by atoms with Crippen LogP contribution in [0.4, 0.5) is 0 Å². The SMILES string of the molecule is Cl.NCCCCNC(=O)c1cn(Cc2cccs2)nn1. The maximum Gasteiger partial charge on any atom is 0.273 e. The summed E-state index contributed by atoms with van der Waals surface area (Å²) in [6, 6.07) is 4.01. The predicted octanol–water partition coefficient (Wildman–Crippen LogP) is 1.28. The summed E-state index contributed by atoms with van der Waals surface area (Å²) in [6.45, 7) is 1.91. The van der Waals surface area contributed by atoms with Crippen LogP contribution in [0.3, 0.4) is 0 Å². The monoisotopic (exact) mass is 315 g/mol. The van der Waals surface area contributed by atoms with Gasteiger partial charge in [0.15, 0.2) is 5.69 Å². The van der Waals surface area contributed by atoms with Gasteiger partial charge in [-0.2, -0.15) is 0 Å². The van der Waals surface area contributed by atoms with Gasteiger partial charge in [-0.05, 0) is 30.8 Å². The fourth-order valence-corrected chi connectivity index (χ4v) is 2.30. The molecule has 0 radical (unpaired) electrons. The molecule has 2 rings (SSSR count). The highest BCUT2D eigenvalue weighted by Gasteiger charge is 2.10. The fourth-order valence-electron chi connectivity index (χ4n) is 1.60. The van der Waals surface area contributed by atoms with Gasteiger partial charge in [0.1, 0.15) is 0 Å². The second kappa shape index (κ2) is 8.68. The zero-order chi connectivity index (χ0) is 13.5. The minimum Gasteiger partial charge on any atom is -0.351 e. The molecule has 110 valence electrons. The number of aromatic nitrogens is 3. The Morgan fingerprint density at radius 3 is 3.00 bits per heavy atom. The Bertz CT molecular complexity index is 514. The van der Waals surface area contributed by atoms with Crippen molar-refractivity contribution < 1.29 is 4.79 Å². The van der Waals surface area contributed by atoms with Gasteiger partial charge in [-0.25, -0.2) is 4.68 Å². The molecule has 0 bridgehead atoms. The van der Waals surface area contributed by atoms with Crippen molar-refractivity contribution in [3.05, 3.63) is 34.3 Å². The predicted molar refractivity (Wildman–Crippen MR) is 81.3 cm³/mol. The second-order valence-corrected chi connectivity index (χ2v) is 5.16. The number of nitrogens with one attached hydrogen (secondary N) is 1. The minimum absolute atomic E-state index is 0. The quantitative estimate of drug-likeness (QED) is 0.754. The molecule has 0 atom stereocenters. The Hall–Kier alpha value is -1.44. The summed E-state index contributed by atoms with van der Waals surface area (Å²) in [7, 11) is 0. The van der Waals surface area contributed by atoms with E-state index in [1.54, 1.807) is 22.2 Å². The first kappa shape index (κ1) is 16.6. The molecule has 0 spiro atoms. The third kappa shape index (κ3) is 4.92. The average molecular weight is 316 g/mol. The Balaban J connectivity index is 0.00000200. The standard InChI is InChI=1S/C12H17N5OS.ClH/c13-5-1-2-6-14-12(18)11-9-17(16-15-11)8-10-4-3-7-19-10;/h3-4,7,9H,1-2,5-6,8,13H2,(H,14,18);1H. The number of amides is 1. The van der Waals surface area contributed by atoms with E-state index in [0.29, 0.717) is 25.3 Å². The molecule has 6 nitrogen and oxygen atoms in total. The topological polar surface area (TPSA) is 85.8 Å².